The van der Waals surface area contributed by atoms with E-state index in [9.17, 15) is 13.2 Å². The fourth-order valence-electron chi connectivity index (χ4n) is 2.75. The standard InChI is InChI=1S/C17H20N2O4S/c20-17(16-8-5-11-23-16)18-13-14-6-4-7-15(12-14)24(21,22)19-9-2-1-3-10-19/h4-8,11-12H,1-3,9-10,13H2,(H,18,20). The third kappa shape index (κ3) is 3.68. The van der Waals surface area contributed by atoms with Crippen molar-refractivity contribution < 1.29 is 17.6 Å². The topological polar surface area (TPSA) is 79.6 Å². The summed E-state index contributed by atoms with van der Waals surface area (Å²) in [5.41, 5.74) is 0.730. The highest BCUT2D eigenvalue weighted by Crippen LogP contribution is 2.21. The van der Waals surface area contributed by atoms with Crippen LogP contribution in [0.4, 0.5) is 0 Å². The van der Waals surface area contributed by atoms with Crippen LogP contribution in [0.25, 0.3) is 0 Å². The van der Waals surface area contributed by atoms with Gasteiger partial charge < -0.3 is 9.73 Å². The fourth-order valence-corrected chi connectivity index (χ4v) is 4.34. The van der Waals surface area contributed by atoms with Crippen LogP contribution >= 0.6 is 0 Å². The summed E-state index contributed by atoms with van der Waals surface area (Å²) in [7, 11) is -3.46. The van der Waals surface area contributed by atoms with E-state index >= 15 is 0 Å². The number of piperidine rings is 1. The molecular weight excluding hydrogens is 328 g/mol. The quantitative estimate of drug-likeness (QED) is 0.900. The predicted molar refractivity (Wildman–Crippen MR) is 88.9 cm³/mol. The number of sulfonamides is 1. The summed E-state index contributed by atoms with van der Waals surface area (Å²) in [4.78, 5) is 12.1. The van der Waals surface area contributed by atoms with E-state index < -0.39 is 10.0 Å². The molecule has 2 heterocycles. The Morgan fingerprint density at radius 1 is 1.12 bits per heavy atom. The molecule has 1 N–H and O–H groups in total. The van der Waals surface area contributed by atoms with Crippen LogP contribution in [0.5, 0.6) is 0 Å². The lowest BCUT2D eigenvalue weighted by Crippen LogP contribution is -2.35. The molecule has 3 rings (SSSR count). The molecule has 0 saturated carbocycles. The van der Waals surface area contributed by atoms with Crippen molar-refractivity contribution in [1.82, 2.24) is 9.62 Å². The number of hydrogen-bond donors (Lipinski definition) is 1. The molecule has 7 heteroatoms. The van der Waals surface area contributed by atoms with Gasteiger partial charge in [-0.1, -0.05) is 18.6 Å². The molecule has 1 aromatic carbocycles. The lowest BCUT2D eigenvalue weighted by molar-refractivity contribution is 0.0923. The van der Waals surface area contributed by atoms with Crippen molar-refractivity contribution in [2.75, 3.05) is 13.1 Å². The molecule has 0 aliphatic carbocycles. The van der Waals surface area contributed by atoms with E-state index in [0.29, 0.717) is 13.1 Å². The largest absolute Gasteiger partial charge is 0.459 e. The lowest BCUT2D eigenvalue weighted by Gasteiger charge is -2.26. The van der Waals surface area contributed by atoms with Gasteiger partial charge in [-0.15, -0.1) is 0 Å². The summed E-state index contributed by atoms with van der Waals surface area (Å²) in [5, 5.41) is 2.72. The average molecular weight is 348 g/mol. The van der Waals surface area contributed by atoms with Crippen molar-refractivity contribution in [3.63, 3.8) is 0 Å². The van der Waals surface area contributed by atoms with Crippen LogP contribution in [-0.2, 0) is 16.6 Å². The van der Waals surface area contributed by atoms with Crippen LogP contribution in [0, 0.1) is 0 Å². The number of carbonyl (C=O) groups is 1. The van der Waals surface area contributed by atoms with Crippen LogP contribution in [0.2, 0.25) is 0 Å². The minimum Gasteiger partial charge on any atom is -0.459 e. The highest BCUT2D eigenvalue weighted by molar-refractivity contribution is 7.89. The summed E-state index contributed by atoms with van der Waals surface area (Å²) in [6.07, 6.45) is 4.31. The molecule has 1 saturated heterocycles. The number of hydrogen-bond acceptors (Lipinski definition) is 4. The Labute approximate surface area is 141 Å². The minimum absolute atomic E-state index is 0.229. The lowest BCUT2D eigenvalue weighted by atomic mass is 10.2. The second-order valence-corrected chi connectivity index (χ2v) is 7.71. The second kappa shape index (κ2) is 7.19. The molecule has 0 radical (unpaired) electrons. The van der Waals surface area contributed by atoms with E-state index in [4.69, 9.17) is 4.42 Å². The van der Waals surface area contributed by atoms with Gasteiger partial charge in [0.2, 0.25) is 10.0 Å². The van der Waals surface area contributed by atoms with Crippen molar-refractivity contribution in [2.45, 2.75) is 30.7 Å². The number of amides is 1. The normalized spacial score (nSPS) is 16.0. The zero-order valence-electron chi connectivity index (χ0n) is 13.3. The highest BCUT2D eigenvalue weighted by Gasteiger charge is 2.25. The molecule has 1 aliphatic rings. The van der Waals surface area contributed by atoms with Gasteiger partial charge in [0.1, 0.15) is 0 Å². The first-order chi connectivity index (χ1) is 11.6. The van der Waals surface area contributed by atoms with Gasteiger partial charge in [-0.3, -0.25) is 4.79 Å². The van der Waals surface area contributed by atoms with Gasteiger partial charge in [0.15, 0.2) is 5.76 Å². The Hall–Kier alpha value is -2.12. The maximum absolute atomic E-state index is 12.7. The molecule has 6 nitrogen and oxygen atoms in total. The van der Waals surface area contributed by atoms with Crippen molar-refractivity contribution in [2.24, 2.45) is 0 Å². The maximum Gasteiger partial charge on any atom is 0.287 e. The zero-order chi connectivity index (χ0) is 17.0. The molecule has 1 fully saturated rings. The monoisotopic (exact) mass is 348 g/mol. The van der Waals surface area contributed by atoms with Gasteiger partial charge >= 0.3 is 0 Å². The molecule has 1 aliphatic heterocycles. The third-order valence-corrected chi connectivity index (χ3v) is 5.94. The summed E-state index contributed by atoms with van der Waals surface area (Å²) >= 11 is 0. The minimum atomic E-state index is -3.46. The number of rotatable bonds is 5. The Morgan fingerprint density at radius 3 is 2.62 bits per heavy atom. The number of benzene rings is 1. The first-order valence-corrected chi connectivity index (χ1v) is 9.42. The Bertz CT molecular complexity index is 794. The summed E-state index contributed by atoms with van der Waals surface area (Å²) in [6.45, 7) is 1.38. The van der Waals surface area contributed by atoms with Gasteiger partial charge in [0.25, 0.3) is 5.91 Å². The number of carbonyl (C=O) groups excluding carboxylic acids is 1. The Morgan fingerprint density at radius 2 is 1.92 bits per heavy atom. The molecule has 0 unspecified atom stereocenters. The summed E-state index contributed by atoms with van der Waals surface area (Å²) in [5.74, 6) is -0.101. The van der Waals surface area contributed by atoms with Gasteiger partial charge in [-0.2, -0.15) is 4.31 Å². The molecule has 128 valence electrons. The van der Waals surface area contributed by atoms with Crippen LogP contribution < -0.4 is 5.32 Å². The van der Waals surface area contributed by atoms with E-state index in [0.717, 1.165) is 24.8 Å². The molecule has 0 atom stereocenters. The van der Waals surface area contributed by atoms with Crippen molar-refractivity contribution >= 4 is 15.9 Å². The van der Waals surface area contributed by atoms with Gasteiger partial charge in [-0.25, -0.2) is 8.42 Å². The van der Waals surface area contributed by atoms with E-state index in [1.54, 1.807) is 36.4 Å². The van der Waals surface area contributed by atoms with E-state index in [1.165, 1.54) is 10.6 Å². The first kappa shape index (κ1) is 16.7. The Kier molecular flexibility index (Phi) is 5.01. The van der Waals surface area contributed by atoms with Crippen molar-refractivity contribution in [3.8, 4) is 0 Å². The Balaban J connectivity index is 1.70. The smallest absolute Gasteiger partial charge is 0.287 e. The van der Waals surface area contributed by atoms with Gasteiger partial charge in [0, 0.05) is 19.6 Å². The maximum atomic E-state index is 12.7. The molecule has 0 bridgehead atoms. The SMILES string of the molecule is O=C(NCc1cccc(S(=O)(=O)N2CCCCC2)c1)c1ccco1. The van der Waals surface area contributed by atoms with Crippen LogP contribution in [0.15, 0.2) is 52.0 Å². The molecular formula is C17H20N2O4S. The molecule has 1 aromatic heterocycles. The van der Waals surface area contributed by atoms with Gasteiger partial charge in [0.05, 0.1) is 11.2 Å². The highest BCUT2D eigenvalue weighted by atomic mass is 32.2. The fraction of sp³-hybridized carbons (Fsp3) is 0.353. The summed E-state index contributed by atoms with van der Waals surface area (Å²) < 4.78 is 31.9. The first-order valence-electron chi connectivity index (χ1n) is 7.98. The van der Waals surface area contributed by atoms with Crippen LogP contribution in [-0.4, -0.2) is 31.7 Å². The summed E-state index contributed by atoms with van der Waals surface area (Å²) in [6, 6.07) is 9.92. The third-order valence-electron chi connectivity index (χ3n) is 4.05. The van der Waals surface area contributed by atoms with Crippen LogP contribution in [0.1, 0.15) is 35.4 Å². The molecule has 1 amide bonds. The second-order valence-electron chi connectivity index (χ2n) is 5.77. The van der Waals surface area contributed by atoms with E-state index in [-0.39, 0.29) is 23.1 Å². The average Bonchev–Trinajstić information content (AvgIpc) is 3.15. The molecule has 2 aromatic rings. The molecule has 0 spiro atoms. The van der Waals surface area contributed by atoms with E-state index in [1.807, 2.05) is 0 Å². The molecule has 24 heavy (non-hydrogen) atoms. The van der Waals surface area contributed by atoms with Crippen molar-refractivity contribution in [1.29, 1.82) is 0 Å². The van der Waals surface area contributed by atoms with Gasteiger partial charge in [-0.05, 0) is 42.7 Å². The zero-order valence-corrected chi connectivity index (χ0v) is 14.1. The van der Waals surface area contributed by atoms with Crippen molar-refractivity contribution in [3.05, 3.63) is 54.0 Å². The number of nitrogens with one attached hydrogen (secondary N) is 1. The van der Waals surface area contributed by atoms with E-state index in [2.05, 4.69) is 5.32 Å². The van der Waals surface area contributed by atoms with Crippen LogP contribution in [0.3, 0.4) is 0 Å². The predicted octanol–water partition coefficient (Wildman–Crippen LogP) is 2.38. The number of nitrogens with zero attached hydrogens (tertiary/aromatic N) is 1. The number of furan rings is 1.